The highest BCUT2D eigenvalue weighted by atomic mass is 16.5. The topological polar surface area (TPSA) is 44.2 Å². The van der Waals surface area contributed by atoms with Crippen LogP contribution in [-0.2, 0) is 0 Å². The molecular formula is C28H17BN2O2. The molecule has 2 aliphatic rings. The van der Waals surface area contributed by atoms with E-state index in [2.05, 4.69) is 58.5 Å². The molecule has 5 heteroatoms. The number of ether oxygens (including phenoxy) is 2. The third-order valence-corrected chi connectivity index (χ3v) is 6.39. The fourth-order valence-electron chi connectivity index (χ4n) is 4.85. The first-order chi connectivity index (χ1) is 16.3. The zero-order chi connectivity index (χ0) is 21.8. The minimum atomic E-state index is 0.0506. The van der Waals surface area contributed by atoms with E-state index in [0.717, 1.165) is 61.6 Å². The summed E-state index contributed by atoms with van der Waals surface area (Å²) in [5, 5.41) is 0. The van der Waals surface area contributed by atoms with Crippen molar-refractivity contribution in [2.24, 2.45) is 0 Å². The lowest BCUT2D eigenvalue weighted by Crippen LogP contribution is -2.57. The summed E-state index contributed by atoms with van der Waals surface area (Å²) in [6.45, 7) is 0.0506. The van der Waals surface area contributed by atoms with E-state index in [9.17, 15) is 0 Å². The molecule has 0 radical (unpaired) electrons. The zero-order valence-corrected chi connectivity index (χ0v) is 17.6. The molecule has 4 nitrogen and oxygen atoms in total. The number of fused-ring (bicyclic) bond motifs is 4. The molecular weight excluding hydrogens is 407 g/mol. The fourth-order valence-corrected chi connectivity index (χ4v) is 4.85. The summed E-state index contributed by atoms with van der Waals surface area (Å²) < 4.78 is 12.8. The second kappa shape index (κ2) is 7.07. The summed E-state index contributed by atoms with van der Waals surface area (Å²) in [5.41, 5.74) is 7.67. The van der Waals surface area contributed by atoms with Gasteiger partial charge < -0.3 is 9.47 Å². The van der Waals surface area contributed by atoms with Gasteiger partial charge in [-0.1, -0.05) is 42.5 Å². The van der Waals surface area contributed by atoms with Crippen molar-refractivity contribution in [1.82, 2.24) is 9.97 Å². The van der Waals surface area contributed by atoms with Crippen LogP contribution in [0.1, 0.15) is 0 Å². The van der Waals surface area contributed by atoms with E-state index in [0.29, 0.717) is 0 Å². The lowest BCUT2D eigenvalue weighted by Gasteiger charge is -2.33. The number of benzene rings is 3. The first-order valence-corrected chi connectivity index (χ1v) is 10.9. The molecule has 0 amide bonds. The number of nitrogens with zero attached hydrogens (tertiary/aromatic N) is 2. The Morgan fingerprint density at radius 3 is 1.55 bits per heavy atom. The van der Waals surface area contributed by atoms with E-state index < -0.39 is 0 Å². The summed E-state index contributed by atoms with van der Waals surface area (Å²) in [6, 6.07) is 26.9. The highest BCUT2D eigenvalue weighted by molar-refractivity contribution is 6.98. The van der Waals surface area contributed by atoms with Crippen molar-refractivity contribution in [1.29, 1.82) is 0 Å². The zero-order valence-electron chi connectivity index (χ0n) is 17.6. The Hall–Kier alpha value is -4.38. The molecule has 0 aliphatic carbocycles. The van der Waals surface area contributed by atoms with Crippen molar-refractivity contribution in [2.45, 2.75) is 0 Å². The fraction of sp³-hybridized carbons (Fsp3) is 0. The van der Waals surface area contributed by atoms with Crippen LogP contribution in [0.4, 0.5) is 0 Å². The van der Waals surface area contributed by atoms with Gasteiger partial charge in [0, 0.05) is 41.4 Å². The van der Waals surface area contributed by atoms with Crippen molar-refractivity contribution in [3.05, 3.63) is 104 Å². The summed E-state index contributed by atoms with van der Waals surface area (Å²) in [7, 11) is 0. The normalized spacial score (nSPS) is 12.7. The van der Waals surface area contributed by atoms with Crippen molar-refractivity contribution in [2.75, 3.05) is 0 Å². The lowest BCUT2D eigenvalue weighted by atomic mass is 9.35. The van der Waals surface area contributed by atoms with Gasteiger partial charge in [-0.3, -0.25) is 9.97 Å². The molecule has 33 heavy (non-hydrogen) atoms. The maximum Gasteiger partial charge on any atom is 0.260 e. The first-order valence-electron chi connectivity index (χ1n) is 10.9. The average molecular weight is 424 g/mol. The molecule has 2 aliphatic heterocycles. The van der Waals surface area contributed by atoms with Gasteiger partial charge in [-0.05, 0) is 58.5 Å². The molecule has 5 aromatic rings. The number of pyridine rings is 2. The largest absolute Gasteiger partial charge is 0.458 e. The second-order valence-corrected chi connectivity index (χ2v) is 8.29. The van der Waals surface area contributed by atoms with Gasteiger partial charge >= 0.3 is 0 Å². The van der Waals surface area contributed by atoms with E-state index >= 15 is 0 Å². The summed E-state index contributed by atoms with van der Waals surface area (Å²) in [4.78, 5) is 8.52. The Morgan fingerprint density at radius 1 is 0.515 bits per heavy atom. The molecule has 0 unspecified atom stereocenters. The predicted molar refractivity (Wildman–Crippen MR) is 131 cm³/mol. The van der Waals surface area contributed by atoms with Gasteiger partial charge in [-0.15, -0.1) is 0 Å². The van der Waals surface area contributed by atoms with Crippen LogP contribution in [0.3, 0.4) is 0 Å². The van der Waals surface area contributed by atoms with Gasteiger partial charge in [-0.2, -0.15) is 0 Å². The third kappa shape index (κ3) is 2.86. The first kappa shape index (κ1) is 18.2. The van der Waals surface area contributed by atoms with Crippen molar-refractivity contribution in [3.8, 4) is 45.3 Å². The number of hydrogen-bond acceptors (Lipinski definition) is 4. The molecule has 154 valence electrons. The molecule has 0 fully saturated rings. The molecule has 0 bridgehead atoms. The van der Waals surface area contributed by atoms with Crippen LogP contribution in [-0.4, -0.2) is 16.7 Å². The van der Waals surface area contributed by atoms with Crippen molar-refractivity contribution < 1.29 is 9.47 Å². The summed E-state index contributed by atoms with van der Waals surface area (Å²) >= 11 is 0. The monoisotopic (exact) mass is 424 g/mol. The quantitative estimate of drug-likeness (QED) is 0.383. The summed E-state index contributed by atoms with van der Waals surface area (Å²) in [6.07, 6.45) is 7.32. The molecule has 4 heterocycles. The van der Waals surface area contributed by atoms with E-state index in [1.165, 1.54) is 0 Å². The van der Waals surface area contributed by atoms with Gasteiger partial charge in [0.2, 0.25) is 0 Å². The average Bonchev–Trinajstić information content (AvgIpc) is 2.89. The minimum Gasteiger partial charge on any atom is -0.458 e. The number of hydrogen-bond donors (Lipinski definition) is 0. The van der Waals surface area contributed by atoms with Crippen LogP contribution in [0.25, 0.3) is 22.3 Å². The smallest absolute Gasteiger partial charge is 0.260 e. The van der Waals surface area contributed by atoms with E-state index in [4.69, 9.17) is 9.47 Å². The Balaban J connectivity index is 1.40. The molecule has 0 saturated heterocycles. The molecule has 0 N–H and O–H groups in total. The predicted octanol–water partition coefficient (Wildman–Crippen LogP) is 4.54. The second-order valence-electron chi connectivity index (χ2n) is 8.29. The highest BCUT2D eigenvalue weighted by Gasteiger charge is 2.40. The Morgan fingerprint density at radius 2 is 1.06 bits per heavy atom. The van der Waals surface area contributed by atoms with Gasteiger partial charge in [-0.25, -0.2) is 0 Å². The van der Waals surface area contributed by atoms with E-state index in [1.54, 1.807) is 12.4 Å². The van der Waals surface area contributed by atoms with Crippen LogP contribution < -0.4 is 25.9 Å². The Bertz CT molecular complexity index is 1410. The van der Waals surface area contributed by atoms with Gasteiger partial charge in [0.25, 0.3) is 6.71 Å². The lowest BCUT2D eigenvalue weighted by molar-refractivity contribution is 0.464. The molecule has 2 aromatic heterocycles. The maximum absolute atomic E-state index is 6.39. The molecule has 7 rings (SSSR count). The van der Waals surface area contributed by atoms with Crippen LogP contribution >= 0.6 is 0 Å². The van der Waals surface area contributed by atoms with Gasteiger partial charge in [0.1, 0.15) is 23.0 Å². The minimum absolute atomic E-state index is 0.0506. The standard InChI is InChI=1S/C28H17BN2O2/c1-6-24-28-25(7-1)33-27-15-19(21-5-3-13-31-17-21)9-11-23(27)29(28)22-10-8-18(14-26(22)32-24)20-4-2-12-30-16-20/h1-17H. The third-order valence-electron chi connectivity index (χ3n) is 6.39. The molecule has 3 aromatic carbocycles. The number of aromatic nitrogens is 2. The Kier molecular flexibility index (Phi) is 3.90. The molecule has 0 atom stereocenters. The SMILES string of the molecule is c1cncc(-c2ccc3c(c2)Oc2cccc4c2B3c2ccc(-c3cccnc3)cc2O4)c1. The van der Waals surface area contributed by atoms with E-state index in [1.807, 2.05) is 42.7 Å². The van der Waals surface area contributed by atoms with Crippen LogP contribution in [0.5, 0.6) is 23.0 Å². The number of rotatable bonds is 2. The van der Waals surface area contributed by atoms with Crippen LogP contribution in [0, 0.1) is 0 Å². The van der Waals surface area contributed by atoms with Crippen LogP contribution in [0.15, 0.2) is 104 Å². The van der Waals surface area contributed by atoms with Crippen LogP contribution in [0.2, 0.25) is 0 Å². The van der Waals surface area contributed by atoms with Gasteiger partial charge in [0.05, 0.1) is 0 Å². The summed E-state index contributed by atoms with van der Waals surface area (Å²) in [5.74, 6) is 3.43. The van der Waals surface area contributed by atoms with Crippen molar-refractivity contribution >= 4 is 23.1 Å². The molecule has 0 saturated carbocycles. The van der Waals surface area contributed by atoms with E-state index in [-0.39, 0.29) is 6.71 Å². The Labute approximate surface area is 191 Å². The maximum atomic E-state index is 6.39. The van der Waals surface area contributed by atoms with Crippen molar-refractivity contribution in [3.63, 3.8) is 0 Å². The molecule has 0 spiro atoms. The van der Waals surface area contributed by atoms with Gasteiger partial charge in [0.15, 0.2) is 0 Å². The highest BCUT2D eigenvalue weighted by Crippen LogP contribution is 2.36.